The summed E-state index contributed by atoms with van der Waals surface area (Å²) in [7, 11) is 0. The van der Waals surface area contributed by atoms with Crippen molar-refractivity contribution in [3.63, 3.8) is 0 Å². The van der Waals surface area contributed by atoms with Crippen LogP contribution >= 0.6 is 0 Å². The number of anilines is 1. The molecule has 0 aromatic heterocycles. The van der Waals surface area contributed by atoms with E-state index in [1.807, 2.05) is 0 Å². The number of Topliss-reactive ketones (excluding diaryl/α,β-unsaturated/α-hetero) is 1. The number of esters is 1. The third-order valence-electron chi connectivity index (χ3n) is 2.16. The first-order chi connectivity index (χ1) is 7.99. The number of carbonyl (C=O) groups excluding carboxylic acids is 2. The zero-order valence-electron chi connectivity index (χ0n) is 10.1. The van der Waals surface area contributed by atoms with Crippen LogP contribution in [0.25, 0.3) is 0 Å². The number of nitrogens with two attached hydrogens (primary N) is 1. The fraction of sp³-hybridized carbons (Fsp3) is 0.385. The number of benzene rings is 1. The summed E-state index contributed by atoms with van der Waals surface area (Å²) in [5.74, 6) is -0.422. The molecule has 0 aliphatic heterocycles. The quantitative estimate of drug-likeness (QED) is 0.482. The number of ketones is 1. The third-order valence-corrected chi connectivity index (χ3v) is 2.16. The van der Waals surface area contributed by atoms with Crippen molar-refractivity contribution in [2.45, 2.75) is 32.8 Å². The van der Waals surface area contributed by atoms with Crippen LogP contribution in [0.2, 0.25) is 0 Å². The number of hydrogen-bond acceptors (Lipinski definition) is 4. The molecule has 0 unspecified atom stereocenters. The van der Waals surface area contributed by atoms with E-state index < -0.39 is 0 Å². The largest absolute Gasteiger partial charge is 0.463 e. The van der Waals surface area contributed by atoms with Gasteiger partial charge in [-0.2, -0.15) is 0 Å². The molecule has 0 heterocycles. The predicted molar refractivity (Wildman–Crippen MR) is 65.6 cm³/mol. The smallest absolute Gasteiger partial charge is 0.306 e. The SMILES string of the molecule is CC(C)OC(=O)CCC(=O)c1ccc(N)cc1. The molecule has 92 valence electrons. The Kier molecular flexibility index (Phi) is 4.69. The minimum Gasteiger partial charge on any atom is -0.463 e. The summed E-state index contributed by atoms with van der Waals surface area (Å²) in [6.45, 7) is 3.55. The molecule has 1 rings (SSSR count). The third kappa shape index (κ3) is 4.68. The molecule has 0 atom stereocenters. The second-order valence-electron chi connectivity index (χ2n) is 4.08. The van der Waals surface area contributed by atoms with Gasteiger partial charge in [-0.3, -0.25) is 9.59 Å². The topological polar surface area (TPSA) is 69.4 Å². The second kappa shape index (κ2) is 6.03. The molecule has 0 aliphatic rings. The summed E-state index contributed by atoms with van der Waals surface area (Å²) in [5.41, 5.74) is 6.70. The Morgan fingerprint density at radius 1 is 1.18 bits per heavy atom. The van der Waals surface area contributed by atoms with Gasteiger partial charge < -0.3 is 10.5 Å². The van der Waals surface area contributed by atoms with Gasteiger partial charge in [-0.05, 0) is 38.1 Å². The lowest BCUT2D eigenvalue weighted by molar-refractivity contribution is -0.147. The van der Waals surface area contributed by atoms with E-state index in [-0.39, 0.29) is 30.7 Å². The first-order valence-corrected chi connectivity index (χ1v) is 5.57. The van der Waals surface area contributed by atoms with Crippen LogP contribution in [0.4, 0.5) is 5.69 Å². The van der Waals surface area contributed by atoms with Crippen LogP contribution < -0.4 is 5.73 Å². The van der Waals surface area contributed by atoms with Gasteiger partial charge in [0.15, 0.2) is 5.78 Å². The standard InChI is InChI=1S/C13H17NO3/c1-9(2)17-13(16)8-7-12(15)10-3-5-11(14)6-4-10/h3-6,9H,7-8,14H2,1-2H3. The number of carbonyl (C=O) groups is 2. The highest BCUT2D eigenvalue weighted by Crippen LogP contribution is 2.09. The molecule has 0 radical (unpaired) electrons. The Hall–Kier alpha value is -1.84. The van der Waals surface area contributed by atoms with Crippen LogP contribution in [0, 0.1) is 0 Å². The van der Waals surface area contributed by atoms with E-state index in [1.54, 1.807) is 38.1 Å². The van der Waals surface area contributed by atoms with E-state index in [2.05, 4.69) is 0 Å². The van der Waals surface area contributed by atoms with E-state index in [0.29, 0.717) is 11.3 Å². The first kappa shape index (κ1) is 13.2. The minimum atomic E-state index is -0.344. The van der Waals surface area contributed by atoms with Gasteiger partial charge in [-0.1, -0.05) is 0 Å². The summed E-state index contributed by atoms with van der Waals surface area (Å²) in [6, 6.07) is 6.65. The molecule has 0 spiro atoms. The molecule has 0 fully saturated rings. The molecule has 1 aromatic rings. The van der Waals surface area contributed by atoms with Crippen LogP contribution in [-0.2, 0) is 9.53 Å². The summed E-state index contributed by atoms with van der Waals surface area (Å²) >= 11 is 0. The monoisotopic (exact) mass is 235 g/mol. The van der Waals surface area contributed by atoms with E-state index in [4.69, 9.17) is 10.5 Å². The fourth-order valence-corrected chi connectivity index (χ4v) is 1.35. The van der Waals surface area contributed by atoms with E-state index >= 15 is 0 Å². The first-order valence-electron chi connectivity index (χ1n) is 5.57. The summed E-state index contributed by atoms with van der Waals surface area (Å²) in [5, 5.41) is 0. The predicted octanol–water partition coefficient (Wildman–Crippen LogP) is 2.18. The lowest BCUT2D eigenvalue weighted by atomic mass is 10.1. The lowest BCUT2D eigenvalue weighted by Crippen LogP contribution is -2.12. The maximum Gasteiger partial charge on any atom is 0.306 e. The number of hydrogen-bond donors (Lipinski definition) is 1. The van der Waals surface area contributed by atoms with Crippen LogP contribution in [0.5, 0.6) is 0 Å². The second-order valence-corrected chi connectivity index (χ2v) is 4.08. The summed E-state index contributed by atoms with van der Waals surface area (Å²) in [4.78, 5) is 22.9. The molecule has 0 bridgehead atoms. The van der Waals surface area contributed by atoms with Gasteiger partial charge in [-0.15, -0.1) is 0 Å². The van der Waals surface area contributed by atoms with Crippen molar-refractivity contribution in [3.05, 3.63) is 29.8 Å². The highest BCUT2D eigenvalue weighted by Gasteiger charge is 2.10. The fourth-order valence-electron chi connectivity index (χ4n) is 1.35. The van der Waals surface area contributed by atoms with Gasteiger partial charge in [0.05, 0.1) is 12.5 Å². The molecule has 2 N–H and O–H groups in total. The number of rotatable bonds is 5. The normalized spacial score (nSPS) is 10.3. The number of nitrogen functional groups attached to an aromatic ring is 1. The Labute approximate surface area is 101 Å². The molecule has 1 aromatic carbocycles. The molecule has 4 heteroatoms. The van der Waals surface area contributed by atoms with Crippen molar-refractivity contribution in [2.75, 3.05) is 5.73 Å². The molecule has 0 amide bonds. The van der Waals surface area contributed by atoms with E-state index in [1.165, 1.54) is 0 Å². The highest BCUT2D eigenvalue weighted by molar-refractivity contribution is 5.97. The van der Waals surface area contributed by atoms with Crippen LogP contribution in [-0.4, -0.2) is 17.9 Å². The molecular formula is C13H17NO3. The molecule has 0 aliphatic carbocycles. The van der Waals surface area contributed by atoms with Crippen molar-refractivity contribution in [1.29, 1.82) is 0 Å². The average Bonchev–Trinajstić information content (AvgIpc) is 2.26. The van der Waals surface area contributed by atoms with Gasteiger partial charge in [0.1, 0.15) is 0 Å². The molecule has 17 heavy (non-hydrogen) atoms. The maximum atomic E-state index is 11.7. The molecule has 4 nitrogen and oxygen atoms in total. The number of ether oxygens (including phenoxy) is 1. The van der Waals surface area contributed by atoms with Crippen molar-refractivity contribution in [3.8, 4) is 0 Å². The zero-order chi connectivity index (χ0) is 12.8. The van der Waals surface area contributed by atoms with Gasteiger partial charge >= 0.3 is 5.97 Å². The highest BCUT2D eigenvalue weighted by atomic mass is 16.5. The Balaban J connectivity index is 2.45. The summed E-state index contributed by atoms with van der Waals surface area (Å²) in [6.07, 6.45) is 0.130. The van der Waals surface area contributed by atoms with Crippen LogP contribution in [0.3, 0.4) is 0 Å². The van der Waals surface area contributed by atoms with Crippen molar-refractivity contribution < 1.29 is 14.3 Å². The van der Waals surface area contributed by atoms with Crippen molar-refractivity contribution in [2.24, 2.45) is 0 Å². The van der Waals surface area contributed by atoms with Gasteiger partial charge in [0.2, 0.25) is 0 Å². The van der Waals surface area contributed by atoms with Crippen LogP contribution in [0.1, 0.15) is 37.0 Å². The van der Waals surface area contributed by atoms with Gasteiger partial charge in [-0.25, -0.2) is 0 Å². The Morgan fingerprint density at radius 3 is 2.29 bits per heavy atom. The Morgan fingerprint density at radius 2 is 1.76 bits per heavy atom. The van der Waals surface area contributed by atoms with Crippen molar-refractivity contribution in [1.82, 2.24) is 0 Å². The zero-order valence-corrected chi connectivity index (χ0v) is 10.1. The Bertz CT molecular complexity index is 396. The molecule has 0 saturated heterocycles. The molecule has 0 saturated carbocycles. The van der Waals surface area contributed by atoms with Gasteiger partial charge in [0.25, 0.3) is 0 Å². The average molecular weight is 235 g/mol. The minimum absolute atomic E-state index is 0.0780. The van der Waals surface area contributed by atoms with E-state index in [9.17, 15) is 9.59 Å². The van der Waals surface area contributed by atoms with Crippen LogP contribution in [0.15, 0.2) is 24.3 Å². The van der Waals surface area contributed by atoms with E-state index in [0.717, 1.165) is 0 Å². The van der Waals surface area contributed by atoms with Gasteiger partial charge in [0, 0.05) is 17.7 Å². The summed E-state index contributed by atoms with van der Waals surface area (Å²) < 4.78 is 4.94. The molecular weight excluding hydrogens is 218 g/mol. The van der Waals surface area contributed by atoms with Crippen molar-refractivity contribution >= 4 is 17.4 Å². The lowest BCUT2D eigenvalue weighted by Gasteiger charge is -2.07. The maximum absolute atomic E-state index is 11.7.